The number of benzene rings is 3. The van der Waals surface area contributed by atoms with Gasteiger partial charge in [0.25, 0.3) is 0 Å². The first-order valence-electron chi connectivity index (χ1n) is 12.1. The molecule has 1 saturated heterocycles. The maximum atomic E-state index is 5.40. The zero-order chi connectivity index (χ0) is 22.0. The van der Waals surface area contributed by atoms with E-state index in [0.29, 0.717) is 3.92 Å². The summed E-state index contributed by atoms with van der Waals surface area (Å²) in [7, 11) is 0. The van der Waals surface area contributed by atoms with Crippen LogP contribution in [0, 0.1) is 3.83 Å². The van der Waals surface area contributed by atoms with Gasteiger partial charge in [-0.15, -0.1) is 0 Å². The van der Waals surface area contributed by atoms with Gasteiger partial charge in [-0.3, -0.25) is 0 Å². The van der Waals surface area contributed by atoms with E-state index in [1.54, 1.807) is 5.56 Å². The molecule has 4 aromatic rings. The third kappa shape index (κ3) is 4.25. The van der Waals surface area contributed by atoms with Crippen molar-refractivity contribution < 1.29 is 0 Å². The summed E-state index contributed by atoms with van der Waals surface area (Å²) in [6, 6.07) is 28.8. The fraction of sp³-hybridized carbons (Fsp3) is 0.310. The van der Waals surface area contributed by atoms with Crippen molar-refractivity contribution in [3.63, 3.8) is 0 Å². The number of fused-ring (bicyclic) bond motifs is 2. The maximum absolute atomic E-state index is 5.40. The predicted octanol–water partition coefficient (Wildman–Crippen LogP) is 6.84. The molecular formula is C29H30IN3. The van der Waals surface area contributed by atoms with Crippen molar-refractivity contribution in [1.29, 1.82) is 0 Å². The molecule has 0 spiro atoms. The summed E-state index contributed by atoms with van der Waals surface area (Å²) in [4.78, 5) is 13.2. The van der Waals surface area contributed by atoms with Crippen LogP contribution in [0.4, 0.5) is 5.82 Å². The number of para-hydroxylation sites is 1. The van der Waals surface area contributed by atoms with Crippen molar-refractivity contribution in [1.82, 2.24) is 9.97 Å². The molecule has 3 aromatic carbocycles. The second kappa shape index (κ2) is 9.41. The summed E-state index contributed by atoms with van der Waals surface area (Å²) < 4.78 is 3.00. The number of anilines is 1. The van der Waals surface area contributed by atoms with Gasteiger partial charge in [-0.2, -0.15) is 0 Å². The average Bonchev–Trinajstić information content (AvgIpc) is 2.89. The third-order valence-electron chi connectivity index (χ3n) is 6.96. The Morgan fingerprint density at radius 1 is 0.788 bits per heavy atom. The van der Waals surface area contributed by atoms with Crippen molar-refractivity contribution in [3.8, 4) is 0 Å². The van der Waals surface area contributed by atoms with E-state index in [1.165, 1.54) is 56.3 Å². The van der Waals surface area contributed by atoms with Crippen molar-refractivity contribution in [2.45, 2.75) is 36.0 Å². The zero-order valence-corrected chi connectivity index (χ0v) is 21.1. The number of hydrogen-bond acceptors (Lipinski definition) is 3. The summed E-state index contributed by atoms with van der Waals surface area (Å²) in [5.74, 6) is 1.19. The zero-order valence-electron chi connectivity index (χ0n) is 19.0. The van der Waals surface area contributed by atoms with Gasteiger partial charge in [0.15, 0.2) is 0 Å². The standard InChI is InChI=1S/C29H30IN3/c1-3-11-22(12-4-1)21-26-24-14-6-5-13-23(24)17-18-30(26)29-31-27-16-8-7-15-25(27)28(32-29)33-19-9-2-10-20-33/h1,3-8,11-16,26H,2,9-10,17-21H2. The van der Waals surface area contributed by atoms with E-state index in [-0.39, 0.29) is 0 Å². The van der Waals surface area contributed by atoms with Crippen LogP contribution in [0.2, 0.25) is 0 Å². The van der Waals surface area contributed by atoms with Crippen LogP contribution < -0.4 is 4.90 Å². The summed E-state index contributed by atoms with van der Waals surface area (Å²) in [6.45, 7) is 2.23. The van der Waals surface area contributed by atoms with Crippen molar-refractivity contribution in [3.05, 3.63) is 99.4 Å². The van der Waals surface area contributed by atoms with Gasteiger partial charge in [-0.1, -0.05) is 0 Å². The molecule has 1 fully saturated rings. The second-order valence-corrected chi connectivity index (χ2v) is 14.9. The van der Waals surface area contributed by atoms with Gasteiger partial charge in [0.05, 0.1) is 0 Å². The fourth-order valence-electron chi connectivity index (χ4n) is 5.26. The minimum atomic E-state index is -1.67. The number of halogens is 1. The number of aromatic nitrogens is 2. The summed E-state index contributed by atoms with van der Waals surface area (Å²) >= 11 is -1.67. The molecule has 3 nitrogen and oxygen atoms in total. The molecular weight excluding hydrogens is 517 g/mol. The van der Waals surface area contributed by atoms with Crippen LogP contribution in [0.1, 0.15) is 39.9 Å². The average molecular weight is 547 g/mol. The van der Waals surface area contributed by atoms with Gasteiger partial charge >= 0.3 is 204 Å². The summed E-state index contributed by atoms with van der Waals surface area (Å²) in [5.41, 5.74) is 5.63. The fourth-order valence-corrected chi connectivity index (χ4v) is 11.9. The second-order valence-electron chi connectivity index (χ2n) is 9.07. The first-order valence-corrected chi connectivity index (χ1v) is 16.0. The molecule has 6 rings (SSSR count). The summed E-state index contributed by atoms with van der Waals surface area (Å²) in [6.07, 6.45) is 6.13. The third-order valence-corrected chi connectivity index (χ3v) is 13.3. The number of aryl methyl sites for hydroxylation is 1. The molecule has 33 heavy (non-hydrogen) atoms. The monoisotopic (exact) mass is 547 g/mol. The van der Waals surface area contributed by atoms with Gasteiger partial charge in [-0.05, 0) is 0 Å². The molecule has 168 valence electrons. The number of alkyl halides is 2. The molecule has 1 unspecified atom stereocenters. The van der Waals surface area contributed by atoms with E-state index in [4.69, 9.17) is 9.97 Å². The van der Waals surface area contributed by atoms with Gasteiger partial charge in [-0.25, -0.2) is 0 Å². The Labute approximate surface area is 203 Å². The predicted molar refractivity (Wildman–Crippen MR) is 146 cm³/mol. The molecule has 0 aliphatic carbocycles. The molecule has 0 amide bonds. The number of piperidine rings is 1. The Hall–Kier alpha value is -2.47. The van der Waals surface area contributed by atoms with Crippen LogP contribution in [-0.2, 0) is 12.8 Å². The molecule has 1 aromatic heterocycles. The van der Waals surface area contributed by atoms with Gasteiger partial charge in [0.2, 0.25) is 0 Å². The molecule has 3 heterocycles. The number of hydrogen-bond donors (Lipinski definition) is 0. The van der Waals surface area contributed by atoms with Crippen LogP contribution in [0.5, 0.6) is 0 Å². The molecule has 0 N–H and O–H groups in total. The quantitative estimate of drug-likeness (QED) is 0.159. The molecule has 4 heteroatoms. The number of rotatable bonds is 4. The molecule has 0 radical (unpaired) electrons. The van der Waals surface area contributed by atoms with Crippen LogP contribution in [0.3, 0.4) is 0 Å². The number of nitrogens with zero attached hydrogens (tertiary/aromatic N) is 3. The normalized spacial score (nSPS) is 19.5. The Morgan fingerprint density at radius 2 is 1.55 bits per heavy atom. The molecule has 0 saturated carbocycles. The van der Waals surface area contributed by atoms with E-state index in [0.717, 1.165) is 25.0 Å². The Kier molecular flexibility index (Phi) is 6.02. The van der Waals surface area contributed by atoms with Gasteiger partial charge in [0, 0.05) is 0 Å². The SMILES string of the molecule is c1ccc(CC2c3ccccc3CCI2c2nc(N3CCCCC3)c3ccccc3n2)cc1. The Bertz CT molecular complexity index is 1250. The van der Waals surface area contributed by atoms with Crippen LogP contribution in [0.25, 0.3) is 10.9 Å². The van der Waals surface area contributed by atoms with Crippen molar-refractivity contribution in [2.24, 2.45) is 0 Å². The van der Waals surface area contributed by atoms with Crippen molar-refractivity contribution in [2.75, 3.05) is 22.4 Å². The van der Waals surface area contributed by atoms with Crippen molar-refractivity contribution >= 4 is 36.5 Å². The van der Waals surface area contributed by atoms with E-state index < -0.39 is 19.8 Å². The Morgan fingerprint density at radius 3 is 2.42 bits per heavy atom. The van der Waals surface area contributed by atoms with E-state index in [2.05, 4.69) is 83.8 Å². The van der Waals surface area contributed by atoms with Crippen LogP contribution in [-0.4, -0.2) is 27.5 Å². The topological polar surface area (TPSA) is 29.0 Å². The van der Waals surface area contributed by atoms with E-state index >= 15 is 0 Å². The Balaban J connectivity index is 1.46. The molecule has 0 bridgehead atoms. The first kappa shape index (κ1) is 21.1. The molecule has 2 aliphatic heterocycles. The van der Waals surface area contributed by atoms with Gasteiger partial charge in [0.1, 0.15) is 0 Å². The first-order chi connectivity index (χ1) is 16.4. The minimum absolute atomic E-state index is 0.553. The summed E-state index contributed by atoms with van der Waals surface area (Å²) in [5, 5.41) is 1.22. The van der Waals surface area contributed by atoms with Crippen LogP contribution >= 0.6 is 19.8 Å². The van der Waals surface area contributed by atoms with E-state index in [1.807, 2.05) is 0 Å². The van der Waals surface area contributed by atoms with Gasteiger partial charge < -0.3 is 0 Å². The molecule has 2 aliphatic rings. The van der Waals surface area contributed by atoms with E-state index in [9.17, 15) is 0 Å². The molecule has 1 atom stereocenters. The van der Waals surface area contributed by atoms with Crippen LogP contribution in [0.15, 0.2) is 78.9 Å².